The van der Waals surface area contributed by atoms with E-state index in [-0.39, 0.29) is 17.7 Å². The standard InChI is InChI=1S/C41H58N4O3/c1-9-13-33-14-10-17-36(28-33)39(46)42(6)20-23-45(24-21-43(7)40(47)37-18-11-15-34(29-37)26-31(2)3)25-22-44(8)41(48)38-19-12-16-35(30-38)27-32(4)5/h10-12,14-19,28-32H,9,13,20-27H2,1-8H3. The number of hydrogen-bond donors (Lipinski definition) is 0. The minimum Gasteiger partial charge on any atom is -0.340 e. The predicted molar refractivity (Wildman–Crippen MR) is 198 cm³/mol. The molecule has 48 heavy (non-hydrogen) atoms. The zero-order valence-corrected chi connectivity index (χ0v) is 30.7. The Morgan fingerprint density at radius 1 is 0.521 bits per heavy atom. The second kappa shape index (κ2) is 19.1. The van der Waals surface area contributed by atoms with Crippen LogP contribution in [0.4, 0.5) is 0 Å². The van der Waals surface area contributed by atoms with Gasteiger partial charge >= 0.3 is 0 Å². The first-order valence-corrected chi connectivity index (χ1v) is 17.6. The molecule has 260 valence electrons. The third-order valence-electron chi connectivity index (χ3n) is 8.64. The quantitative estimate of drug-likeness (QED) is 0.149. The first kappa shape index (κ1) is 38.5. The van der Waals surface area contributed by atoms with Gasteiger partial charge in [-0.1, -0.05) is 77.4 Å². The van der Waals surface area contributed by atoms with E-state index in [4.69, 9.17) is 0 Å². The summed E-state index contributed by atoms with van der Waals surface area (Å²) in [7, 11) is 5.52. The third-order valence-corrected chi connectivity index (χ3v) is 8.64. The highest BCUT2D eigenvalue weighted by Crippen LogP contribution is 2.15. The van der Waals surface area contributed by atoms with Crippen molar-refractivity contribution >= 4 is 17.7 Å². The van der Waals surface area contributed by atoms with E-state index in [9.17, 15) is 14.4 Å². The van der Waals surface area contributed by atoms with Crippen molar-refractivity contribution < 1.29 is 14.4 Å². The molecule has 0 heterocycles. The summed E-state index contributed by atoms with van der Waals surface area (Å²) < 4.78 is 0. The van der Waals surface area contributed by atoms with Crippen LogP contribution in [-0.4, -0.2) is 97.7 Å². The van der Waals surface area contributed by atoms with Crippen LogP contribution in [0.3, 0.4) is 0 Å². The van der Waals surface area contributed by atoms with E-state index in [0.717, 1.165) is 25.7 Å². The fourth-order valence-electron chi connectivity index (χ4n) is 5.93. The van der Waals surface area contributed by atoms with Crippen molar-refractivity contribution in [1.29, 1.82) is 0 Å². The van der Waals surface area contributed by atoms with Gasteiger partial charge in [-0.3, -0.25) is 19.3 Å². The smallest absolute Gasteiger partial charge is 0.253 e. The number of benzene rings is 3. The van der Waals surface area contributed by atoms with Gasteiger partial charge in [0, 0.05) is 77.1 Å². The van der Waals surface area contributed by atoms with Gasteiger partial charge in [-0.15, -0.1) is 0 Å². The van der Waals surface area contributed by atoms with E-state index >= 15 is 0 Å². The van der Waals surface area contributed by atoms with Crippen molar-refractivity contribution in [2.75, 3.05) is 60.4 Å². The van der Waals surface area contributed by atoms with E-state index in [1.165, 1.54) is 16.7 Å². The number of carbonyl (C=O) groups is 3. The van der Waals surface area contributed by atoms with E-state index in [2.05, 4.69) is 57.7 Å². The summed E-state index contributed by atoms with van der Waals surface area (Å²) in [6.07, 6.45) is 3.84. The molecule has 0 saturated heterocycles. The SMILES string of the molecule is CCCc1cccc(C(=O)N(C)CCN(CCN(C)C(=O)c2cccc(CC(C)C)c2)CCN(C)C(=O)c2cccc(CC(C)C)c2)c1. The molecule has 7 nitrogen and oxygen atoms in total. The maximum absolute atomic E-state index is 13.4. The number of nitrogens with zero attached hydrogens (tertiary/aromatic N) is 4. The van der Waals surface area contributed by atoms with Crippen molar-refractivity contribution in [3.8, 4) is 0 Å². The number of rotatable bonds is 18. The first-order valence-electron chi connectivity index (χ1n) is 17.6. The molecule has 0 bridgehead atoms. The lowest BCUT2D eigenvalue weighted by Crippen LogP contribution is -2.44. The molecule has 0 radical (unpaired) electrons. The van der Waals surface area contributed by atoms with E-state index in [1.807, 2.05) is 75.7 Å². The lowest BCUT2D eigenvalue weighted by molar-refractivity contribution is 0.0736. The Kier molecular flexibility index (Phi) is 15.3. The van der Waals surface area contributed by atoms with Crippen LogP contribution in [0.15, 0.2) is 72.8 Å². The van der Waals surface area contributed by atoms with E-state index in [1.54, 1.807) is 14.7 Å². The second-order valence-corrected chi connectivity index (χ2v) is 14.1. The Morgan fingerprint density at radius 3 is 1.19 bits per heavy atom. The monoisotopic (exact) mass is 654 g/mol. The highest BCUT2D eigenvalue weighted by atomic mass is 16.2. The molecule has 0 aromatic heterocycles. The largest absolute Gasteiger partial charge is 0.340 e. The molecule has 0 aliphatic carbocycles. The Balaban J connectivity index is 1.68. The van der Waals surface area contributed by atoms with Gasteiger partial charge < -0.3 is 14.7 Å². The van der Waals surface area contributed by atoms with Gasteiger partial charge in [0.05, 0.1) is 0 Å². The van der Waals surface area contributed by atoms with Crippen LogP contribution >= 0.6 is 0 Å². The van der Waals surface area contributed by atoms with Gasteiger partial charge in [-0.05, 0) is 84.2 Å². The predicted octanol–water partition coefficient (Wildman–Crippen LogP) is 6.95. The van der Waals surface area contributed by atoms with Crippen LogP contribution in [0.5, 0.6) is 0 Å². The van der Waals surface area contributed by atoms with Crippen molar-refractivity contribution in [1.82, 2.24) is 19.6 Å². The highest BCUT2D eigenvalue weighted by molar-refractivity contribution is 5.95. The summed E-state index contributed by atoms with van der Waals surface area (Å²) in [6.45, 7) is 14.3. The summed E-state index contributed by atoms with van der Waals surface area (Å²) in [5.74, 6) is 1.01. The normalized spacial score (nSPS) is 11.3. The number of aryl methyl sites for hydroxylation is 1. The van der Waals surface area contributed by atoms with Gasteiger partial charge in [-0.25, -0.2) is 0 Å². The molecule has 0 aliphatic rings. The molecule has 3 aromatic carbocycles. The van der Waals surface area contributed by atoms with Gasteiger partial charge in [0.2, 0.25) is 0 Å². The number of hydrogen-bond acceptors (Lipinski definition) is 4. The number of likely N-dealkylation sites (N-methyl/N-ethyl adjacent to an activating group) is 3. The van der Waals surface area contributed by atoms with E-state index in [0.29, 0.717) is 67.8 Å². The van der Waals surface area contributed by atoms with Gasteiger partial charge in [0.25, 0.3) is 17.7 Å². The molecule has 0 saturated carbocycles. The molecule has 0 spiro atoms. The molecular formula is C41H58N4O3. The lowest BCUT2D eigenvalue weighted by Gasteiger charge is -2.29. The molecule has 3 rings (SSSR count). The van der Waals surface area contributed by atoms with Crippen LogP contribution in [0.25, 0.3) is 0 Å². The summed E-state index contributed by atoms with van der Waals surface area (Å²) in [4.78, 5) is 47.7. The Bertz CT molecular complexity index is 1410. The molecular weight excluding hydrogens is 596 g/mol. The molecule has 3 amide bonds. The van der Waals surface area contributed by atoms with Gasteiger partial charge in [-0.2, -0.15) is 0 Å². The average Bonchev–Trinajstić information content (AvgIpc) is 3.06. The highest BCUT2D eigenvalue weighted by Gasteiger charge is 2.19. The van der Waals surface area contributed by atoms with Crippen molar-refractivity contribution in [2.45, 2.75) is 60.3 Å². The van der Waals surface area contributed by atoms with Crippen LogP contribution < -0.4 is 0 Å². The molecule has 0 unspecified atom stereocenters. The molecule has 0 atom stereocenters. The topological polar surface area (TPSA) is 64.2 Å². The fourth-order valence-corrected chi connectivity index (χ4v) is 5.93. The summed E-state index contributed by atoms with van der Waals surface area (Å²) in [6, 6.07) is 23.7. The maximum atomic E-state index is 13.4. The Labute approximate surface area is 289 Å². The number of carbonyl (C=O) groups excluding carboxylic acids is 3. The van der Waals surface area contributed by atoms with Crippen molar-refractivity contribution in [3.05, 3.63) is 106 Å². The summed E-state index contributed by atoms with van der Waals surface area (Å²) in [5.41, 5.74) is 5.60. The minimum absolute atomic E-state index is 0.00458. The van der Waals surface area contributed by atoms with Crippen LogP contribution in [0, 0.1) is 11.8 Å². The molecule has 3 aromatic rings. The fraction of sp³-hybridized carbons (Fsp3) is 0.488. The summed E-state index contributed by atoms with van der Waals surface area (Å²) in [5, 5.41) is 0. The zero-order valence-electron chi connectivity index (χ0n) is 30.7. The summed E-state index contributed by atoms with van der Waals surface area (Å²) >= 11 is 0. The Morgan fingerprint density at radius 2 is 0.854 bits per heavy atom. The molecule has 7 heteroatoms. The van der Waals surface area contributed by atoms with E-state index < -0.39 is 0 Å². The van der Waals surface area contributed by atoms with Gasteiger partial charge in [0.1, 0.15) is 0 Å². The zero-order chi connectivity index (χ0) is 35.2. The van der Waals surface area contributed by atoms with Crippen LogP contribution in [0.1, 0.15) is 88.8 Å². The van der Waals surface area contributed by atoms with Crippen LogP contribution in [0.2, 0.25) is 0 Å². The van der Waals surface area contributed by atoms with Crippen molar-refractivity contribution in [3.63, 3.8) is 0 Å². The first-order chi connectivity index (χ1) is 22.9. The van der Waals surface area contributed by atoms with Gasteiger partial charge in [0.15, 0.2) is 0 Å². The number of amides is 3. The van der Waals surface area contributed by atoms with Crippen LogP contribution in [-0.2, 0) is 19.3 Å². The molecule has 0 N–H and O–H groups in total. The molecule has 0 aliphatic heterocycles. The maximum Gasteiger partial charge on any atom is 0.253 e. The Hall–Kier alpha value is -3.97. The average molecular weight is 655 g/mol. The third kappa shape index (κ3) is 12.2. The molecule has 0 fully saturated rings. The minimum atomic E-state index is -0.00612. The second-order valence-electron chi connectivity index (χ2n) is 14.1. The lowest BCUT2D eigenvalue weighted by atomic mass is 10.0. The van der Waals surface area contributed by atoms with Crippen molar-refractivity contribution in [2.24, 2.45) is 11.8 Å².